The van der Waals surface area contributed by atoms with Crippen LogP contribution in [0, 0.1) is 0 Å². The van der Waals surface area contributed by atoms with Gasteiger partial charge in [-0.1, -0.05) is 48.5 Å². The van der Waals surface area contributed by atoms with Crippen molar-refractivity contribution in [3.8, 4) is 0 Å². The third-order valence-electron chi connectivity index (χ3n) is 25.3. The number of pyridine rings is 4. The van der Waals surface area contributed by atoms with Crippen molar-refractivity contribution < 1.29 is 19.2 Å². The second-order valence-corrected chi connectivity index (χ2v) is 35.6. The van der Waals surface area contributed by atoms with E-state index in [2.05, 4.69) is 166 Å². The van der Waals surface area contributed by atoms with Gasteiger partial charge < -0.3 is 82.2 Å². The van der Waals surface area contributed by atoms with E-state index >= 15 is 0 Å². The van der Waals surface area contributed by atoms with Crippen LogP contribution >= 0.6 is 0 Å². The van der Waals surface area contributed by atoms with Gasteiger partial charge in [-0.2, -0.15) is 0 Å². The monoisotopic (exact) mass is 1770 g/mol. The second-order valence-electron chi connectivity index (χ2n) is 35.6. The summed E-state index contributed by atoms with van der Waals surface area (Å²) in [5.41, 5.74) is 17.3. The maximum atomic E-state index is 13.4. The summed E-state index contributed by atoms with van der Waals surface area (Å²) in [6, 6.07) is 40.7. The van der Waals surface area contributed by atoms with E-state index in [1.54, 1.807) is 14.1 Å². The Morgan fingerprint density at radius 2 is 0.740 bits per heavy atom. The van der Waals surface area contributed by atoms with Gasteiger partial charge in [0.05, 0.1) is 66.9 Å². The molecule has 678 valence electrons. The summed E-state index contributed by atoms with van der Waals surface area (Å²) in [5.74, 6) is 2.65. The second kappa shape index (κ2) is 37.0. The number of hydrogen-bond acceptors (Lipinski definition) is 28. The highest BCUT2D eigenvalue weighted by Crippen LogP contribution is 2.42. The zero-order valence-corrected chi connectivity index (χ0v) is 76.2. The number of fused-ring (bicyclic) bond motifs is 20. The van der Waals surface area contributed by atoms with Gasteiger partial charge in [-0.15, -0.1) is 40.8 Å². The summed E-state index contributed by atoms with van der Waals surface area (Å²) in [7, 11) is 15.7. The molecule has 22 rings (SSSR count). The third kappa shape index (κ3) is 17.4. The molecule has 131 heavy (non-hydrogen) atoms. The van der Waals surface area contributed by atoms with Gasteiger partial charge in [0.15, 0.2) is 62.6 Å². The number of amides is 4. The SMILES string of the molecule is CCNc1c(C(=O)NC2CC2)c2nc3ccccc3n2c2nnc(NCCN(C)C)cc12.CNC(=O)c1c(NC(C)C)c2cc(N3CCCN(C)CC3)nnc2n2c1nc1ccccc12.CNC(=O)c1c(NC2CC2)c2cc(N3CCCN(C)CC3)nnc2n2c1nc1ccccc12.CNc1c(C(=O)NC2CC2)c2nc3ccccc3n2c2nnc(N3CCCN(C)CC3)cc12. The quantitative estimate of drug-likeness (QED) is 0.0342. The summed E-state index contributed by atoms with van der Waals surface area (Å²) < 4.78 is 7.85. The van der Waals surface area contributed by atoms with Crippen LogP contribution in [0.5, 0.6) is 0 Å². The maximum Gasteiger partial charge on any atom is 0.257 e. The molecule has 0 unspecified atom stereocenters. The molecule has 0 atom stereocenters. The Kier molecular flexibility index (Phi) is 24.4. The van der Waals surface area contributed by atoms with E-state index < -0.39 is 0 Å². The van der Waals surface area contributed by atoms with Gasteiger partial charge in [-0.3, -0.25) is 36.8 Å². The van der Waals surface area contributed by atoms with Crippen LogP contribution in [0.3, 0.4) is 0 Å². The number of carbonyl (C=O) groups is 4. The molecule has 3 saturated heterocycles. The minimum Gasteiger partial charge on any atom is -0.387 e. The molecule has 3 aliphatic heterocycles. The first-order valence-corrected chi connectivity index (χ1v) is 45.9. The number of carbonyl (C=O) groups excluding carboxylic acids is 4. The number of hydrogen-bond donors (Lipinski definition) is 9. The molecule has 0 bridgehead atoms. The van der Waals surface area contributed by atoms with Gasteiger partial charge in [0.1, 0.15) is 28.1 Å². The number of rotatable bonds is 20. The number of nitrogens with one attached hydrogen (secondary N) is 9. The van der Waals surface area contributed by atoms with E-state index in [0.29, 0.717) is 85.8 Å². The van der Waals surface area contributed by atoms with Crippen molar-refractivity contribution in [2.75, 3.05) is 196 Å². The Morgan fingerprint density at radius 3 is 1.11 bits per heavy atom. The van der Waals surface area contributed by atoms with Crippen molar-refractivity contribution >= 4 is 181 Å². The Morgan fingerprint density at radius 1 is 0.389 bits per heavy atom. The molecule has 3 saturated carbocycles. The van der Waals surface area contributed by atoms with Gasteiger partial charge in [-0.05, 0) is 206 Å². The molecule has 0 radical (unpaired) electrons. The predicted molar refractivity (Wildman–Crippen MR) is 520 cm³/mol. The average molecular weight is 1770 g/mol. The predicted octanol–water partition coefficient (Wildman–Crippen LogP) is 10.5. The highest BCUT2D eigenvalue weighted by atomic mass is 16.2. The molecule has 6 fully saturated rings. The molecule has 3 aliphatic carbocycles. The van der Waals surface area contributed by atoms with Crippen molar-refractivity contribution in [2.45, 2.75) is 103 Å². The molecule has 4 amide bonds. The topological polar surface area (TPSA) is 372 Å². The summed E-state index contributed by atoms with van der Waals surface area (Å²) in [6.07, 6.45) is 9.53. The Balaban J connectivity index is 0.000000113. The molecule has 36 heteroatoms. The number of imidazole rings is 4. The van der Waals surface area contributed by atoms with Crippen molar-refractivity contribution in [2.24, 2.45) is 0 Å². The fourth-order valence-electron chi connectivity index (χ4n) is 18.0. The Labute approximate surface area is 757 Å². The van der Waals surface area contributed by atoms with E-state index in [1.807, 2.05) is 149 Å². The first kappa shape index (κ1) is 86.5. The van der Waals surface area contributed by atoms with Crippen molar-refractivity contribution in [1.82, 2.24) is 119 Å². The normalized spacial score (nSPS) is 16.1. The van der Waals surface area contributed by atoms with Gasteiger partial charge in [0, 0.05) is 145 Å². The standard InChI is InChI=1S/2C24H28N8O.C24H30N8O.C23H28N8O/c1-25-24(33)20-21(26-15-8-9-15)16-14-19(31-11-5-10-30(2)12-13-31)28-29-22(16)32-18-7-4-3-6-17(18)27-23(20)32;1-25-21-16-14-19(31-11-5-10-30(2)12-13-31)28-29-22(16)32-18-7-4-3-6-17(18)27-23(32)20(21)24(33)26-15-8-9-15;1-15(2)26-21-16-14-19(31-11-7-10-30(4)12-13-31)28-29-22(16)32-18-9-6-5-8-17(18)27-23(32)20(21)24(33)25-3;1-4-24-20-15-13-18(25-11-12-30(2)3)28-29-21(15)31-17-8-6-5-7-16(17)27-22(31)19(20)23(32)26-14-9-10-14/h3-4,6-7,14-15,26H,5,8-13H2,1-2H3,(H,25,33);3-4,6-7,14-15,25H,5,8-13H2,1-2H3,(H,26,33);5-6,8-9,14-15,26H,7,10-13H2,1-4H3,(H,25,33);5-8,13-14,24H,4,9-12H2,1-3H3,(H,25,28)(H,26,32). The number of anilines is 8. The molecule has 0 spiro atoms. The summed E-state index contributed by atoms with van der Waals surface area (Å²) >= 11 is 0. The summed E-state index contributed by atoms with van der Waals surface area (Å²) in [5, 5.41) is 69.6. The van der Waals surface area contributed by atoms with Gasteiger partial charge in [-0.25, -0.2) is 19.9 Å². The zero-order valence-electron chi connectivity index (χ0n) is 76.2. The molecule has 9 N–H and O–H groups in total. The van der Waals surface area contributed by atoms with Crippen molar-refractivity contribution in [3.05, 3.63) is 144 Å². The van der Waals surface area contributed by atoms with Crippen LogP contribution in [0.2, 0.25) is 0 Å². The van der Waals surface area contributed by atoms with Crippen LogP contribution < -0.4 is 62.6 Å². The number of aromatic nitrogens is 16. The van der Waals surface area contributed by atoms with E-state index in [1.165, 1.54) is 0 Å². The minimum absolute atomic E-state index is 0.0983. The van der Waals surface area contributed by atoms with Crippen molar-refractivity contribution in [1.29, 1.82) is 0 Å². The van der Waals surface area contributed by atoms with Crippen LogP contribution in [-0.2, 0) is 0 Å². The Hall–Kier alpha value is -13.8. The van der Waals surface area contributed by atoms with Crippen molar-refractivity contribution in [3.63, 3.8) is 0 Å². The number of benzene rings is 4. The number of para-hydroxylation sites is 8. The molecule has 36 nitrogen and oxygen atoms in total. The molecule has 15 heterocycles. The Bertz CT molecular complexity index is 6870. The van der Waals surface area contributed by atoms with Crippen LogP contribution in [0.25, 0.3) is 111 Å². The first-order chi connectivity index (χ1) is 63.8. The van der Waals surface area contributed by atoms with Crippen LogP contribution in [0.1, 0.15) is 120 Å². The van der Waals surface area contributed by atoms with E-state index in [-0.39, 0.29) is 41.8 Å². The third-order valence-corrected chi connectivity index (χ3v) is 25.3. The molecule has 16 aromatic rings. The zero-order chi connectivity index (χ0) is 90.4. The minimum atomic E-state index is -0.185. The molecule has 4 aromatic carbocycles. The lowest BCUT2D eigenvalue weighted by molar-refractivity contribution is 0.0944. The van der Waals surface area contributed by atoms with E-state index in [4.69, 9.17) is 30.1 Å². The average Bonchev–Trinajstić information content (AvgIpc) is 1.64. The fraction of sp³-hybridized carbons (Fsp3) is 0.411. The number of likely N-dealkylation sites (N-methyl/N-ethyl adjacent to an activating group) is 4. The van der Waals surface area contributed by atoms with Crippen LogP contribution in [-0.4, -0.2) is 300 Å². The lowest BCUT2D eigenvalue weighted by Gasteiger charge is -2.23. The largest absolute Gasteiger partial charge is 0.387 e. The fourth-order valence-corrected chi connectivity index (χ4v) is 18.0. The van der Waals surface area contributed by atoms with E-state index in [9.17, 15) is 19.2 Å². The van der Waals surface area contributed by atoms with E-state index in [0.717, 1.165) is 255 Å². The summed E-state index contributed by atoms with van der Waals surface area (Å²) in [6.45, 7) is 20.1. The smallest absolute Gasteiger partial charge is 0.257 e. The lowest BCUT2D eigenvalue weighted by Crippen LogP contribution is -2.29. The lowest BCUT2D eigenvalue weighted by atomic mass is 10.1. The maximum absolute atomic E-state index is 13.4. The molecule has 12 aromatic heterocycles. The first-order valence-electron chi connectivity index (χ1n) is 45.9. The molecular weight excluding hydrogens is 1650 g/mol. The molecule has 6 aliphatic rings. The van der Waals surface area contributed by atoms with Gasteiger partial charge in [0.25, 0.3) is 23.6 Å². The van der Waals surface area contributed by atoms with Gasteiger partial charge in [0.2, 0.25) is 0 Å². The molecular formula is C95H114N32O4. The highest BCUT2D eigenvalue weighted by molar-refractivity contribution is 6.18. The van der Waals surface area contributed by atoms with Crippen LogP contribution in [0.15, 0.2) is 121 Å². The highest BCUT2D eigenvalue weighted by Gasteiger charge is 2.35. The number of nitrogens with zero attached hydrogens (tertiary/aromatic N) is 23. The van der Waals surface area contributed by atoms with Gasteiger partial charge >= 0.3 is 0 Å². The van der Waals surface area contributed by atoms with Crippen LogP contribution in [0.4, 0.5) is 46.0 Å². The summed E-state index contributed by atoms with van der Waals surface area (Å²) in [4.78, 5) is 88.5.